The number of thiophene rings is 1. The third-order valence-corrected chi connectivity index (χ3v) is 6.12. The minimum Gasteiger partial charge on any atom is -0.486 e. The Morgan fingerprint density at radius 1 is 1.17 bits per heavy atom. The summed E-state index contributed by atoms with van der Waals surface area (Å²) in [5.74, 6) is 0.699. The Bertz CT molecular complexity index is 860. The van der Waals surface area contributed by atoms with Crippen LogP contribution >= 0.6 is 11.3 Å². The van der Waals surface area contributed by atoms with E-state index in [9.17, 15) is 13.2 Å². The molecule has 0 aliphatic carbocycles. The summed E-state index contributed by atoms with van der Waals surface area (Å²) in [4.78, 5) is 12.8. The first-order valence-electron chi connectivity index (χ1n) is 7.20. The summed E-state index contributed by atoms with van der Waals surface area (Å²) in [7, 11) is -3.68. The quantitative estimate of drug-likeness (QED) is 0.838. The van der Waals surface area contributed by atoms with E-state index in [0.29, 0.717) is 30.4 Å². The molecule has 2 aromatic rings. The number of hydrogen-bond acceptors (Lipinski definition) is 6. The molecule has 2 heterocycles. The topological polar surface area (TPSA) is 93.7 Å². The minimum atomic E-state index is -3.68. The van der Waals surface area contributed by atoms with E-state index in [1.807, 2.05) is 6.92 Å². The molecule has 0 atom stereocenters. The Morgan fingerprint density at radius 3 is 2.62 bits per heavy atom. The van der Waals surface area contributed by atoms with Crippen molar-refractivity contribution in [2.75, 3.05) is 25.1 Å². The molecule has 1 amide bonds. The van der Waals surface area contributed by atoms with E-state index in [-0.39, 0.29) is 10.8 Å². The predicted molar refractivity (Wildman–Crippen MR) is 90.3 cm³/mol. The second kappa shape index (κ2) is 6.80. The van der Waals surface area contributed by atoms with E-state index < -0.39 is 15.9 Å². The summed E-state index contributed by atoms with van der Waals surface area (Å²) in [6.45, 7) is 2.40. The highest BCUT2D eigenvalue weighted by Crippen LogP contribution is 2.32. The number of fused-ring (bicyclic) bond motifs is 1. The number of aryl methyl sites for hydroxylation is 1. The van der Waals surface area contributed by atoms with Gasteiger partial charge in [-0.3, -0.25) is 4.79 Å². The number of anilines is 1. The van der Waals surface area contributed by atoms with Crippen molar-refractivity contribution in [3.8, 4) is 11.5 Å². The fourth-order valence-corrected chi connectivity index (χ4v) is 4.42. The number of nitrogens with one attached hydrogen (secondary N) is 2. The molecular formula is C15H16N2O5S2. The second-order valence-corrected chi connectivity index (χ2v) is 8.38. The minimum absolute atomic E-state index is 0.187. The van der Waals surface area contributed by atoms with Crippen molar-refractivity contribution in [2.45, 2.75) is 11.1 Å². The van der Waals surface area contributed by atoms with Crippen molar-refractivity contribution >= 4 is 33.0 Å². The molecule has 0 fully saturated rings. The number of hydrogen-bond donors (Lipinski definition) is 2. The van der Waals surface area contributed by atoms with Gasteiger partial charge in [0.2, 0.25) is 5.91 Å². The van der Waals surface area contributed by atoms with Crippen LogP contribution in [0.5, 0.6) is 11.5 Å². The standard InChI is InChI=1S/C15H16N2O5S2/c1-10-2-5-15(23-10)24(19,20)16-9-14(18)17-11-3-4-12-13(8-11)22-7-6-21-12/h2-5,8,16H,6-7,9H2,1H3,(H,17,18). The zero-order valence-electron chi connectivity index (χ0n) is 12.9. The van der Waals surface area contributed by atoms with Gasteiger partial charge >= 0.3 is 0 Å². The summed E-state index contributed by atoms with van der Waals surface area (Å²) in [5.41, 5.74) is 0.510. The maximum atomic E-state index is 12.1. The van der Waals surface area contributed by atoms with Gasteiger partial charge in [-0.2, -0.15) is 0 Å². The first-order valence-corrected chi connectivity index (χ1v) is 9.50. The van der Waals surface area contributed by atoms with E-state index in [2.05, 4.69) is 10.0 Å². The first kappa shape index (κ1) is 16.7. The van der Waals surface area contributed by atoms with Gasteiger partial charge < -0.3 is 14.8 Å². The highest BCUT2D eigenvalue weighted by atomic mass is 32.2. The number of benzene rings is 1. The Balaban J connectivity index is 1.60. The Hall–Kier alpha value is -2.10. The van der Waals surface area contributed by atoms with Crippen molar-refractivity contribution in [1.82, 2.24) is 4.72 Å². The lowest BCUT2D eigenvalue weighted by molar-refractivity contribution is -0.115. The van der Waals surface area contributed by atoms with Crippen LogP contribution in [0.2, 0.25) is 0 Å². The van der Waals surface area contributed by atoms with Crippen molar-refractivity contribution in [2.24, 2.45) is 0 Å². The molecule has 1 aliphatic heterocycles. The molecule has 3 rings (SSSR count). The number of carbonyl (C=O) groups excluding carboxylic acids is 1. The van der Waals surface area contributed by atoms with Crippen molar-refractivity contribution in [1.29, 1.82) is 0 Å². The van der Waals surface area contributed by atoms with E-state index >= 15 is 0 Å². The van der Waals surface area contributed by atoms with E-state index in [1.54, 1.807) is 24.3 Å². The van der Waals surface area contributed by atoms with Crippen LogP contribution in [0.25, 0.3) is 0 Å². The molecule has 128 valence electrons. The third-order valence-electron chi connectivity index (χ3n) is 3.23. The maximum absolute atomic E-state index is 12.1. The number of amides is 1. The monoisotopic (exact) mass is 368 g/mol. The molecule has 7 nitrogen and oxygen atoms in total. The molecule has 0 radical (unpaired) electrons. The van der Waals surface area contributed by atoms with Crippen molar-refractivity contribution in [3.63, 3.8) is 0 Å². The molecule has 0 bridgehead atoms. The zero-order valence-corrected chi connectivity index (χ0v) is 14.5. The number of carbonyl (C=O) groups is 1. The third kappa shape index (κ3) is 3.86. The molecule has 9 heteroatoms. The normalized spacial score (nSPS) is 13.5. The Kier molecular flexibility index (Phi) is 4.74. The average Bonchev–Trinajstić information content (AvgIpc) is 3.00. The summed E-state index contributed by atoms with van der Waals surface area (Å²) in [6.07, 6.45) is 0. The van der Waals surface area contributed by atoms with Gasteiger partial charge in [0.1, 0.15) is 17.4 Å². The molecule has 0 unspecified atom stereocenters. The summed E-state index contributed by atoms with van der Waals surface area (Å²) < 4.78 is 37.5. The smallest absolute Gasteiger partial charge is 0.250 e. The average molecular weight is 368 g/mol. The maximum Gasteiger partial charge on any atom is 0.250 e. The summed E-state index contributed by atoms with van der Waals surface area (Å²) >= 11 is 1.15. The second-order valence-electron chi connectivity index (χ2n) is 5.10. The van der Waals surface area contributed by atoms with Crippen LogP contribution < -0.4 is 19.5 Å². The lowest BCUT2D eigenvalue weighted by Gasteiger charge is -2.19. The summed E-state index contributed by atoms with van der Waals surface area (Å²) in [5, 5.41) is 2.62. The van der Waals surface area contributed by atoms with Gasteiger partial charge in [-0.15, -0.1) is 11.3 Å². The molecule has 0 spiro atoms. The van der Waals surface area contributed by atoms with Crippen LogP contribution in [0.15, 0.2) is 34.5 Å². The van der Waals surface area contributed by atoms with Gasteiger partial charge in [-0.05, 0) is 31.2 Å². The molecule has 1 aromatic heterocycles. The molecule has 0 saturated carbocycles. The Morgan fingerprint density at radius 2 is 1.92 bits per heavy atom. The summed E-state index contributed by atoms with van der Waals surface area (Å²) in [6, 6.07) is 8.24. The molecule has 24 heavy (non-hydrogen) atoms. The highest BCUT2D eigenvalue weighted by Gasteiger charge is 2.18. The number of sulfonamides is 1. The Labute approximate surface area is 143 Å². The van der Waals surface area contributed by atoms with Crippen molar-refractivity contribution < 1.29 is 22.7 Å². The highest BCUT2D eigenvalue weighted by molar-refractivity contribution is 7.91. The van der Waals surface area contributed by atoms with Gasteiger partial charge in [-0.25, -0.2) is 13.1 Å². The van der Waals surface area contributed by atoms with Gasteiger partial charge in [-0.1, -0.05) is 0 Å². The van der Waals surface area contributed by atoms with E-state index in [1.165, 1.54) is 6.07 Å². The zero-order chi connectivity index (χ0) is 17.2. The van der Waals surface area contributed by atoms with Crippen LogP contribution in [-0.4, -0.2) is 34.1 Å². The van der Waals surface area contributed by atoms with Crippen LogP contribution in [0.3, 0.4) is 0 Å². The fourth-order valence-electron chi connectivity index (χ4n) is 2.11. The van der Waals surface area contributed by atoms with Crippen LogP contribution in [-0.2, 0) is 14.8 Å². The lowest BCUT2D eigenvalue weighted by Crippen LogP contribution is -2.32. The molecule has 1 aromatic carbocycles. The van der Waals surface area contributed by atoms with Gasteiger partial charge in [0.15, 0.2) is 11.5 Å². The predicted octanol–water partition coefficient (Wildman–Crippen LogP) is 1.74. The lowest BCUT2D eigenvalue weighted by atomic mass is 10.2. The molecule has 1 aliphatic rings. The number of rotatable bonds is 5. The molecule has 2 N–H and O–H groups in total. The van der Waals surface area contributed by atoms with Crippen LogP contribution in [0.1, 0.15) is 4.88 Å². The molecule has 0 saturated heterocycles. The SMILES string of the molecule is Cc1ccc(S(=O)(=O)NCC(=O)Nc2ccc3c(c2)OCCO3)s1. The van der Waals surface area contributed by atoms with Crippen LogP contribution in [0, 0.1) is 6.92 Å². The van der Waals surface area contributed by atoms with E-state index in [4.69, 9.17) is 9.47 Å². The van der Waals surface area contributed by atoms with Crippen LogP contribution in [0.4, 0.5) is 5.69 Å². The molecular weight excluding hydrogens is 352 g/mol. The van der Waals surface area contributed by atoms with Gasteiger partial charge in [0.25, 0.3) is 10.0 Å². The van der Waals surface area contributed by atoms with Gasteiger partial charge in [0, 0.05) is 16.6 Å². The fraction of sp³-hybridized carbons (Fsp3) is 0.267. The van der Waals surface area contributed by atoms with Crippen molar-refractivity contribution in [3.05, 3.63) is 35.2 Å². The number of ether oxygens (including phenoxy) is 2. The largest absolute Gasteiger partial charge is 0.486 e. The van der Waals surface area contributed by atoms with E-state index in [0.717, 1.165) is 16.2 Å². The van der Waals surface area contributed by atoms with Gasteiger partial charge in [0.05, 0.1) is 6.54 Å². The first-order chi connectivity index (χ1) is 11.4.